The molecule has 2 aromatic rings. The Bertz CT molecular complexity index is 745. The first-order valence-corrected chi connectivity index (χ1v) is 9.46. The second-order valence-electron chi connectivity index (χ2n) is 6.22. The first-order valence-electron chi connectivity index (χ1n) is 8.41. The predicted molar refractivity (Wildman–Crippen MR) is 99.7 cm³/mol. The quantitative estimate of drug-likeness (QED) is 0.807. The van der Waals surface area contributed by atoms with Crippen molar-refractivity contribution in [3.63, 3.8) is 0 Å². The Hall–Kier alpha value is -2.25. The maximum Gasteiger partial charge on any atom is 0.251 e. The third-order valence-corrected chi connectivity index (χ3v) is 5.38. The number of carbonyl (C=O) groups excluding carboxylic acids is 2. The molecule has 0 radical (unpaired) electrons. The fourth-order valence-electron chi connectivity index (χ4n) is 2.87. The molecule has 1 N–H and O–H groups in total. The number of hydrogen-bond donors (Lipinski definition) is 1. The van der Waals surface area contributed by atoms with Gasteiger partial charge in [-0.25, -0.2) is 0 Å². The minimum absolute atomic E-state index is 0.0565. The van der Waals surface area contributed by atoms with Crippen molar-refractivity contribution in [1.29, 1.82) is 0 Å². The number of methoxy groups -OCH3 is 1. The van der Waals surface area contributed by atoms with E-state index in [4.69, 9.17) is 9.15 Å². The van der Waals surface area contributed by atoms with Gasteiger partial charge in [0.1, 0.15) is 11.1 Å². The number of ether oxygens (including phenoxy) is 1. The summed E-state index contributed by atoms with van der Waals surface area (Å²) in [5, 5.41) is 2.81. The summed E-state index contributed by atoms with van der Waals surface area (Å²) < 4.78 is 10.4. The van der Waals surface area contributed by atoms with Crippen molar-refractivity contribution in [3.8, 4) is 0 Å². The van der Waals surface area contributed by atoms with E-state index in [-0.39, 0.29) is 23.2 Å². The van der Waals surface area contributed by atoms with E-state index in [0.29, 0.717) is 24.5 Å². The molecule has 26 heavy (non-hydrogen) atoms. The van der Waals surface area contributed by atoms with E-state index >= 15 is 0 Å². The molecule has 0 saturated carbocycles. The highest BCUT2D eigenvalue weighted by Gasteiger charge is 2.33. The number of furan rings is 1. The molecule has 6 nitrogen and oxygen atoms in total. The topological polar surface area (TPSA) is 71.8 Å². The lowest BCUT2D eigenvalue weighted by Gasteiger charge is -2.23. The van der Waals surface area contributed by atoms with Crippen molar-refractivity contribution >= 4 is 23.6 Å². The van der Waals surface area contributed by atoms with Gasteiger partial charge in [-0.15, -0.1) is 11.8 Å². The summed E-state index contributed by atoms with van der Waals surface area (Å²) in [5.41, 5.74) is 1.58. The highest BCUT2D eigenvalue weighted by atomic mass is 32.2. The number of rotatable bonds is 7. The summed E-state index contributed by atoms with van der Waals surface area (Å²) >= 11 is 1.58. The maximum atomic E-state index is 12.2. The zero-order valence-electron chi connectivity index (χ0n) is 14.8. The minimum atomic E-state index is -0.135. The molecule has 2 amide bonds. The summed E-state index contributed by atoms with van der Waals surface area (Å²) in [5.74, 6) is 1.16. The van der Waals surface area contributed by atoms with Crippen LogP contribution in [0.1, 0.15) is 34.0 Å². The SMILES string of the molecule is COC[C@@H](C)NC(=O)c1ccc([C@@H]2SCC(=O)N2Cc2ccco2)cc1. The lowest BCUT2D eigenvalue weighted by molar-refractivity contribution is -0.128. The average Bonchev–Trinajstić information content (AvgIpc) is 3.26. The predicted octanol–water partition coefficient (Wildman–Crippen LogP) is 2.82. The van der Waals surface area contributed by atoms with E-state index in [1.807, 2.05) is 31.2 Å². The highest BCUT2D eigenvalue weighted by molar-refractivity contribution is 8.00. The zero-order chi connectivity index (χ0) is 18.5. The lowest BCUT2D eigenvalue weighted by atomic mass is 10.1. The van der Waals surface area contributed by atoms with E-state index in [1.54, 1.807) is 42.2 Å². The molecule has 0 aliphatic carbocycles. The van der Waals surface area contributed by atoms with Gasteiger partial charge in [0.05, 0.1) is 25.2 Å². The summed E-state index contributed by atoms with van der Waals surface area (Å²) in [6, 6.07) is 11.0. The Morgan fingerprint density at radius 2 is 2.15 bits per heavy atom. The van der Waals surface area contributed by atoms with Gasteiger partial charge in [0, 0.05) is 18.7 Å². The van der Waals surface area contributed by atoms with Crippen LogP contribution in [0.5, 0.6) is 0 Å². The minimum Gasteiger partial charge on any atom is -0.467 e. The summed E-state index contributed by atoms with van der Waals surface area (Å²) in [6.45, 7) is 2.80. The molecule has 1 aliphatic heterocycles. The van der Waals surface area contributed by atoms with Crippen molar-refractivity contribution in [1.82, 2.24) is 10.2 Å². The van der Waals surface area contributed by atoms with Crippen molar-refractivity contribution in [2.75, 3.05) is 19.5 Å². The average molecular weight is 374 g/mol. The normalized spacial score (nSPS) is 18.2. The van der Waals surface area contributed by atoms with Crippen LogP contribution in [-0.4, -0.2) is 42.2 Å². The van der Waals surface area contributed by atoms with Gasteiger partial charge < -0.3 is 19.4 Å². The van der Waals surface area contributed by atoms with Gasteiger partial charge in [0.25, 0.3) is 5.91 Å². The van der Waals surface area contributed by atoms with E-state index in [2.05, 4.69) is 5.32 Å². The number of thioether (sulfide) groups is 1. The van der Waals surface area contributed by atoms with Crippen LogP contribution in [0.3, 0.4) is 0 Å². The lowest BCUT2D eigenvalue weighted by Crippen LogP contribution is -2.35. The van der Waals surface area contributed by atoms with Gasteiger partial charge in [0.2, 0.25) is 5.91 Å². The zero-order valence-corrected chi connectivity index (χ0v) is 15.6. The van der Waals surface area contributed by atoms with Crippen LogP contribution < -0.4 is 5.32 Å². The number of nitrogens with one attached hydrogen (secondary N) is 1. The van der Waals surface area contributed by atoms with Gasteiger partial charge in [-0.2, -0.15) is 0 Å². The number of hydrogen-bond acceptors (Lipinski definition) is 5. The summed E-state index contributed by atoms with van der Waals surface area (Å²) in [6.07, 6.45) is 1.61. The summed E-state index contributed by atoms with van der Waals surface area (Å²) in [4.78, 5) is 26.3. The molecule has 0 unspecified atom stereocenters. The maximum absolute atomic E-state index is 12.2. The van der Waals surface area contributed by atoms with Crippen molar-refractivity contribution in [3.05, 3.63) is 59.5 Å². The second-order valence-corrected chi connectivity index (χ2v) is 7.28. The standard InChI is InChI=1S/C19H22N2O4S/c1-13(11-24-2)20-18(23)14-5-7-15(8-6-14)19-21(17(22)12-26-19)10-16-4-3-9-25-16/h3-9,13,19H,10-12H2,1-2H3,(H,20,23)/t13-,19+/m1/s1. The molecule has 1 fully saturated rings. The number of carbonyl (C=O) groups is 2. The highest BCUT2D eigenvalue weighted by Crippen LogP contribution is 2.39. The van der Waals surface area contributed by atoms with Gasteiger partial charge in [0.15, 0.2) is 0 Å². The van der Waals surface area contributed by atoms with Crippen molar-refractivity contribution in [2.45, 2.75) is 24.9 Å². The Balaban J connectivity index is 1.69. The molecule has 0 bridgehead atoms. The Labute approximate surface area is 156 Å². The Morgan fingerprint density at radius 1 is 1.38 bits per heavy atom. The van der Waals surface area contributed by atoms with Crippen LogP contribution in [0, 0.1) is 0 Å². The smallest absolute Gasteiger partial charge is 0.251 e. The van der Waals surface area contributed by atoms with Crippen LogP contribution in [0.15, 0.2) is 47.1 Å². The Kier molecular flexibility index (Phi) is 6.00. The van der Waals surface area contributed by atoms with Crippen LogP contribution in [0.4, 0.5) is 0 Å². The van der Waals surface area contributed by atoms with E-state index in [1.165, 1.54) is 0 Å². The molecule has 2 atom stereocenters. The number of amides is 2. The molecule has 0 spiro atoms. The molecule has 138 valence electrons. The van der Waals surface area contributed by atoms with E-state index in [9.17, 15) is 9.59 Å². The van der Waals surface area contributed by atoms with Crippen molar-refractivity contribution in [2.24, 2.45) is 0 Å². The van der Waals surface area contributed by atoms with Crippen LogP contribution in [-0.2, 0) is 16.1 Å². The molecular formula is C19H22N2O4S. The molecular weight excluding hydrogens is 352 g/mol. The number of benzene rings is 1. The number of nitrogens with zero attached hydrogens (tertiary/aromatic N) is 1. The molecule has 1 saturated heterocycles. The monoisotopic (exact) mass is 374 g/mol. The Morgan fingerprint density at radius 3 is 2.81 bits per heavy atom. The molecule has 1 aromatic heterocycles. The third-order valence-electron chi connectivity index (χ3n) is 4.13. The fourth-order valence-corrected chi connectivity index (χ4v) is 4.06. The van der Waals surface area contributed by atoms with Gasteiger partial charge in [-0.05, 0) is 36.8 Å². The molecule has 7 heteroatoms. The van der Waals surface area contributed by atoms with Gasteiger partial charge in [-0.3, -0.25) is 9.59 Å². The molecule has 3 rings (SSSR count). The largest absolute Gasteiger partial charge is 0.467 e. The third kappa shape index (κ3) is 4.28. The molecule has 1 aromatic carbocycles. The molecule has 1 aliphatic rings. The van der Waals surface area contributed by atoms with Crippen LogP contribution in [0.25, 0.3) is 0 Å². The van der Waals surface area contributed by atoms with Crippen molar-refractivity contribution < 1.29 is 18.7 Å². The first-order chi connectivity index (χ1) is 12.6. The second kappa shape index (κ2) is 8.42. The fraction of sp³-hybridized carbons (Fsp3) is 0.368. The van der Waals surface area contributed by atoms with Gasteiger partial charge in [-0.1, -0.05) is 12.1 Å². The van der Waals surface area contributed by atoms with Gasteiger partial charge >= 0.3 is 0 Å². The van der Waals surface area contributed by atoms with Crippen LogP contribution in [0.2, 0.25) is 0 Å². The first kappa shape index (κ1) is 18.5. The van der Waals surface area contributed by atoms with E-state index < -0.39 is 0 Å². The van der Waals surface area contributed by atoms with Crippen LogP contribution >= 0.6 is 11.8 Å². The molecule has 2 heterocycles. The van der Waals surface area contributed by atoms with E-state index in [0.717, 1.165) is 11.3 Å². The summed E-state index contributed by atoms with van der Waals surface area (Å²) in [7, 11) is 1.60.